The number of ether oxygens (including phenoxy) is 1. The first-order chi connectivity index (χ1) is 15.3. The van der Waals surface area contributed by atoms with E-state index in [4.69, 9.17) is 9.26 Å². The molecule has 0 saturated carbocycles. The van der Waals surface area contributed by atoms with Crippen LogP contribution in [0.25, 0.3) is 11.0 Å². The second kappa shape index (κ2) is 8.72. The predicted octanol–water partition coefficient (Wildman–Crippen LogP) is 5.33. The fourth-order valence-corrected chi connectivity index (χ4v) is 4.24. The summed E-state index contributed by atoms with van der Waals surface area (Å²) in [6.07, 6.45) is -2.00. The molecule has 2 heterocycles. The van der Waals surface area contributed by atoms with Crippen molar-refractivity contribution >= 4 is 22.6 Å². The Hall–Kier alpha value is -3.23. The van der Waals surface area contributed by atoms with Gasteiger partial charge in [0.15, 0.2) is 11.3 Å². The van der Waals surface area contributed by atoms with Crippen LogP contribution in [-0.4, -0.2) is 35.9 Å². The molecule has 0 saturated heterocycles. The van der Waals surface area contributed by atoms with Gasteiger partial charge < -0.3 is 19.3 Å². The van der Waals surface area contributed by atoms with Crippen molar-refractivity contribution in [2.45, 2.75) is 38.8 Å². The molecule has 9 heteroatoms. The molecule has 2 aromatic carbocycles. The Morgan fingerprint density at radius 2 is 2.09 bits per heavy atom. The molecule has 0 aliphatic carbocycles. The first-order valence-electron chi connectivity index (χ1n) is 10.5. The quantitative estimate of drug-likeness (QED) is 0.470. The number of nitrogens with zero attached hydrogens (tertiary/aromatic N) is 2. The van der Waals surface area contributed by atoms with Crippen molar-refractivity contribution in [1.29, 1.82) is 0 Å². The number of benzene rings is 2. The minimum absolute atomic E-state index is 0.0591. The van der Waals surface area contributed by atoms with E-state index in [1.54, 1.807) is 18.2 Å². The highest BCUT2D eigenvalue weighted by Gasteiger charge is 2.37. The van der Waals surface area contributed by atoms with Crippen LogP contribution in [0.2, 0.25) is 0 Å². The number of aromatic carboxylic acids is 1. The van der Waals surface area contributed by atoms with Gasteiger partial charge in [0.2, 0.25) is 0 Å². The van der Waals surface area contributed by atoms with Gasteiger partial charge in [0, 0.05) is 24.3 Å². The van der Waals surface area contributed by atoms with E-state index < -0.39 is 17.8 Å². The van der Waals surface area contributed by atoms with Crippen LogP contribution in [0.5, 0.6) is 5.75 Å². The molecule has 0 spiro atoms. The molecule has 0 atom stereocenters. The number of carbonyl (C=O) groups is 1. The highest BCUT2D eigenvalue weighted by Crippen LogP contribution is 2.38. The maximum atomic E-state index is 13.1. The van der Waals surface area contributed by atoms with Crippen molar-refractivity contribution in [3.8, 4) is 5.75 Å². The van der Waals surface area contributed by atoms with Crippen molar-refractivity contribution < 1.29 is 32.3 Å². The molecular weight excluding hydrogens is 425 g/mol. The van der Waals surface area contributed by atoms with Crippen molar-refractivity contribution in [2.75, 3.05) is 24.6 Å². The van der Waals surface area contributed by atoms with Gasteiger partial charge in [0.1, 0.15) is 5.75 Å². The fraction of sp³-hybridized carbons (Fsp3) is 0.391. The van der Waals surface area contributed by atoms with Crippen molar-refractivity contribution in [3.05, 3.63) is 52.7 Å². The number of anilines is 1. The van der Waals surface area contributed by atoms with Gasteiger partial charge in [-0.3, -0.25) is 0 Å². The Morgan fingerprint density at radius 1 is 1.28 bits per heavy atom. The number of aromatic nitrogens is 1. The van der Waals surface area contributed by atoms with Gasteiger partial charge in [-0.05, 0) is 49.1 Å². The number of hydrogen-bond acceptors (Lipinski definition) is 5. The number of carboxylic acid groups (broad SMARTS) is 1. The molecule has 1 N–H and O–H groups in total. The molecule has 0 radical (unpaired) electrons. The largest absolute Gasteiger partial charge is 0.493 e. The van der Waals surface area contributed by atoms with Crippen molar-refractivity contribution in [2.24, 2.45) is 0 Å². The molecule has 4 rings (SSSR count). The van der Waals surface area contributed by atoms with E-state index in [1.807, 2.05) is 13.0 Å². The minimum Gasteiger partial charge on any atom is -0.493 e. The normalized spacial score (nSPS) is 13.6. The van der Waals surface area contributed by atoms with Crippen LogP contribution in [0.4, 0.5) is 18.9 Å². The maximum absolute atomic E-state index is 13.1. The van der Waals surface area contributed by atoms with E-state index in [9.17, 15) is 23.1 Å². The van der Waals surface area contributed by atoms with Crippen LogP contribution < -0.4 is 9.64 Å². The zero-order chi connectivity index (χ0) is 22.9. The lowest BCUT2D eigenvalue weighted by atomic mass is 10.0. The van der Waals surface area contributed by atoms with Crippen molar-refractivity contribution in [3.63, 3.8) is 0 Å². The molecule has 0 bridgehead atoms. The summed E-state index contributed by atoms with van der Waals surface area (Å²) in [6.45, 7) is 3.72. The summed E-state index contributed by atoms with van der Waals surface area (Å²) in [7, 11) is 0. The van der Waals surface area contributed by atoms with Gasteiger partial charge in [0.25, 0.3) is 0 Å². The number of aryl methyl sites for hydroxylation is 1. The van der Waals surface area contributed by atoms with Gasteiger partial charge in [-0.1, -0.05) is 24.6 Å². The summed E-state index contributed by atoms with van der Waals surface area (Å²) < 4.78 is 50.4. The lowest BCUT2D eigenvalue weighted by Crippen LogP contribution is -2.23. The van der Waals surface area contributed by atoms with Crippen LogP contribution in [0.3, 0.4) is 0 Å². The molecule has 1 aliphatic heterocycles. The second-order valence-electron chi connectivity index (χ2n) is 7.75. The minimum atomic E-state index is -4.58. The summed E-state index contributed by atoms with van der Waals surface area (Å²) in [4.78, 5) is 13.5. The third kappa shape index (κ3) is 4.11. The van der Waals surface area contributed by atoms with Gasteiger partial charge in [-0.2, -0.15) is 13.2 Å². The summed E-state index contributed by atoms with van der Waals surface area (Å²) >= 11 is 0. The third-order valence-electron chi connectivity index (χ3n) is 5.65. The fourth-order valence-electron chi connectivity index (χ4n) is 4.24. The van der Waals surface area contributed by atoms with Gasteiger partial charge in [-0.25, -0.2) is 4.79 Å². The van der Waals surface area contributed by atoms with Crippen molar-refractivity contribution in [1.82, 2.24) is 5.16 Å². The summed E-state index contributed by atoms with van der Waals surface area (Å²) in [5.74, 6) is -0.425. The molecule has 6 nitrogen and oxygen atoms in total. The van der Waals surface area contributed by atoms with Crippen LogP contribution in [0.1, 0.15) is 46.9 Å². The zero-order valence-electron chi connectivity index (χ0n) is 17.5. The Bertz CT molecular complexity index is 1140. The standard InChI is InChI=1S/C23H23F3N2O4/c1-2-5-16-19(9-8-17-20(16)32-27-21(17)23(24,25)26)31-13-4-11-28-12-10-14-15(22(29)30)6-3-7-18(14)28/h3,6-9H,2,4-5,10-13H2,1H3,(H,29,30). The second-order valence-corrected chi connectivity index (χ2v) is 7.75. The summed E-state index contributed by atoms with van der Waals surface area (Å²) in [6, 6.07) is 8.17. The van der Waals surface area contributed by atoms with Gasteiger partial charge in [0.05, 0.1) is 17.6 Å². The predicted molar refractivity (Wildman–Crippen MR) is 112 cm³/mol. The molecule has 0 fully saturated rings. The van der Waals surface area contributed by atoms with E-state index >= 15 is 0 Å². The Balaban J connectivity index is 1.44. The van der Waals surface area contributed by atoms with E-state index in [0.717, 1.165) is 17.8 Å². The highest BCUT2D eigenvalue weighted by atomic mass is 19.4. The lowest BCUT2D eigenvalue weighted by Gasteiger charge is -2.20. The first kappa shape index (κ1) is 22.0. The number of halogens is 3. The SMILES string of the molecule is CCCc1c(OCCCN2CCc3c(C(=O)O)cccc32)ccc2c(C(F)(F)F)noc12. The van der Waals surface area contributed by atoms with Gasteiger partial charge >= 0.3 is 12.1 Å². The molecule has 0 amide bonds. The van der Waals surface area contributed by atoms with Crippen LogP contribution in [0, 0.1) is 0 Å². The summed E-state index contributed by atoms with van der Waals surface area (Å²) in [5, 5.41) is 12.5. The number of carboxylic acids is 1. The molecule has 1 aliphatic rings. The molecule has 1 aromatic heterocycles. The Labute approximate surface area is 182 Å². The van der Waals surface area contributed by atoms with Crippen LogP contribution in [-0.2, 0) is 19.0 Å². The maximum Gasteiger partial charge on any atom is 0.437 e. The number of hydrogen-bond donors (Lipinski definition) is 1. The third-order valence-corrected chi connectivity index (χ3v) is 5.65. The first-order valence-corrected chi connectivity index (χ1v) is 10.5. The number of alkyl halides is 3. The molecule has 170 valence electrons. The average molecular weight is 448 g/mol. The van der Waals surface area contributed by atoms with E-state index in [0.29, 0.717) is 55.7 Å². The highest BCUT2D eigenvalue weighted by molar-refractivity contribution is 5.92. The topological polar surface area (TPSA) is 75.8 Å². The van der Waals surface area contributed by atoms with Crippen LogP contribution in [0.15, 0.2) is 34.9 Å². The molecule has 0 unspecified atom stereocenters. The molecule has 32 heavy (non-hydrogen) atoms. The summed E-state index contributed by atoms with van der Waals surface area (Å²) in [5.41, 5.74) is 1.80. The number of fused-ring (bicyclic) bond motifs is 2. The Morgan fingerprint density at radius 3 is 2.81 bits per heavy atom. The molecular formula is C23H23F3N2O4. The zero-order valence-corrected chi connectivity index (χ0v) is 17.5. The van der Waals surface area contributed by atoms with Gasteiger partial charge in [-0.15, -0.1) is 0 Å². The van der Waals surface area contributed by atoms with E-state index in [1.165, 1.54) is 6.07 Å². The molecule has 3 aromatic rings. The average Bonchev–Trinajstić information content (AvgIpc) is 3.36. The lowest BCUT2D eigenvalue weighted by molar-refractivity contribution is -0.141. The monoisotopic (exact) mass is 448 g/mol. The van der Waals surface area contributed by atoms with E-state index in [-0.39, 0.29) is 11.0 Å². The smallest absolute Gasteiger partial charge is 0.437 e. The van der Waals surface area contributed by atoms with E-state index in [2.05, 4.69) is 10.1 Å². The van der Waals surface area contributed by atoms with Crippen LogP contribution >= 0.6 is 0 Å². The number of rotatable bonds is 8. The Kier molecular flexibility index (Phi) is 5.99.